The minimum Gasteiger partial charge on any atom is -0.497 e. The van der Waals surface area contributed by atoms with E-state index in [4.69, 9.17) is 4.74 Å². The molecule has 34 heavy (non-hydrogen) atoms. The molecule has 0 radical (unpaired) electrons. The molecule has 1 saturated carbocycles. The Labute approximate surface area is 201 Å². The van der Waals surface area contributed by atoms with Crippen LogP contribution in [0, 0.1) is 6.92 Å². The van der Waals surface area contributed by atoms with E-state index in [-0.39, 0.29) is 23.6 Å². The number of nitrogens with one attached hydrogen (secondary N) is 1. The quantitative estimate of drug-likeness (QED) is 0.527. The zero-order valence-corrected chi connectivity index (χ0v) is 19.7. The average molecular weight is 458 g/mol. The van der Waals surface area contributed by atoms with Crippen LogP contribution in [-0.4, -0.2) is 29.9 Å². The van der Waals surface area contributed by atoms with Gasteiger partial charge in [0.1, 0.15) is 17.5 Å². The molecule has 0 spiro atoms. The summed E-state index contributed by atoms with van der Waals surface area (Å²) in [5.74, 6) is 0.159. The summed E-state index contributed by atoms with van der Waals surface area (Å²) in [7, 11) is 1.60. The number of nitrogens with zero attached hydrogens (tertiary/aromatic N) is 2. The first-order valence-electron chi connectivity index (χ1n) is 11.8. The number of hydrogen-bond donors (Lipinski definition) is 1. The highest BCUT2D eigenvalue weighted by Crippen LogP contribution is 2.33. The van der Waals surface area contributed by atoms with Crippen molar-refractivity contribution < 1.29 is 14.3 Å². The highest BCUT2D eigenvalue weighted by Gasteiger charge is 2.35. The molecule has 0 aliphatic heterocycles. The highest BCUT2D eigenvalue weighted by atomic mass is 16.5. The largest absolute Gasteiger partial charge is 0.497 e. The molecule has 6 nitrogen and oxygen atoms in total. The highest BCUT2D eigenvalue weighted by molar-refractivity contribution is 6.09. The normalized spacial score (nSPS) is 14.8. The van der Waals surface area contributed by atoms with Crippen molar-refractivity contribution in [2.24, 2.45) is 0 Å². The Balaban J connectivity index is 1.81. The Bertz CT molecular complexity index is 1110. The summed E-state index contributed by atoms with van der Waals surface area (Å²) < 4.78 is 5.31. The summed E-state index contributed by atoms with van der Waals surface area (Å²) in [6.07, 6.45) is 6.92. The third kappa shape index (κ3) is 5.28. The van der Waals surface area contributed by atoms with Gasteiger partial charge in [-0.25, -0.2) is 0 Å². The van der Waals surface area contributed by atoms with Gasteiger partial charge in [-0.2, -0.15) is 0 Å². The van der Waals surface area contributed by atoms with Gasteiger partial charge < -0.3 is 10.1 Å². The van der Waals surface area contributed by atoms with Crippen LogP contribution in [0.4, 0.5) is 5.69 Å². The van der Waals surface area contributed by atoms with E-state index in [1.165, 1.54) is 6.42 Å². The van der Waals surface area contributed by atoms with Gasteiger partial charge in [0.2, 0.25) is 5.91 Å². The van der Waals surface area contributed by atoms with Crippen molar-refractivity contribution in [3.8, 4) is 5.75 Å². The fraction of sp³-hybridized carbons (Fsp3) is 0.321. The number of anilines is 1. The Hall–Kier alpha value is -3.67. The molecule has 176 valence electrons. The molecular formula is C28H31N3O3. The van der Waals surface area contributed by atoms with Crippen LogP contribution in [0.1, 0.15) is 59.8 Å². The van der Waals surface area contributed by atoms with E-state index in [9.17, 15) is 9.59 Å². The predicted octanol–water partition coefficient (Wildman–Crippen LogP) is 5.24. The third-order valence-electron chi connectivity index (χ3n) is 6.39. The monoisotopic (exact) mass is 457 g/mol. The number of hydrogen-bond acceptors (Lipinski definition) is 4. The van der Waals surface area contributed by atoms with Crippen LogP contribution in [0.15, 0.2) is 72.9 Å². The van der Waals surface area contributed by atoms with Crippen molar-refractivity contribution >= 4 is 17.5 Å². The zero-order valence-electron chi connectivity index (χ0n) is 19.7. The summed E-state index contributed by atoms with van der Waals surface area (Å²) in [6, 6.07) is 19.4. The molecule has 0 saturated heterocycles. The van der Waals surface area contributed by atoms with Crippen LogP contribution in [0.2, 0.25) is 0 Å². The molecule has 4 rings (SSSR count). The first kappa shape index (κ1) is 23.5. The Morgan fingerprint density at radius 3 is 2.32 bits per heavy atom. The SMILES string of the molecule is COc1ccc(N(C(=O)c2ccccn2)[C@H](C(=O)NC2CCCCC2)c2ccccc2C)cc1. The smallest absolute Gasteiger partial charge is 0.277 e. The number of pyridine rings is 1. The van der Waals surface area contributed by atoms with Gasteiger partial charge in [0.05, 0.1) is 7.11 Å². The van der Waals surface area contributed by atoms with Gasteiger partial charge in [0, 0.05) is 17.9 Å². The number of rotatable bonds is 7. The van der Waals surface area contributed by atoms with Crippen molar-refractivity contribution in [2.45, 2.75) is 51.1 Å². The molecule has 1 aromatic heterocycles. The van der Waals surface area contributed by atoms with Gasteiger partial charge in [0.15, 0.2) is 0 Å². The second-order valence-electron chi connectivity index (χ2n) is 8.69. The minimum atomic E-state index is -0.842. The number of benzene rings is 2. The second-order valence-corrected chi connectivity index (χ2v) is 8.69. The molecule has 1 heterocycles. The van der Waals surface area contributed by atoms with Crippen LogP contribution in [0.3, 0.4) is 0 Å². The van der Waals surface area contributed by atoms with Crippen molar-refractivity contribution in [2.75, 3.05) is 12.0 Å². The van der Waals surface area contributed by atoms with E-state index < -0.39 is 6.04 Å². The molecular weight excluding hydrogens is 426 g/mol. The second kappa shape index (κ2) is 11.0. The van der Waals surface area contributed by atoms with Gasteiger partial charge in [-0.05, 0) is 67.3 Å². The molecule has 1 aliphatic carbocycles. The standard InChI is InChI=1S/C28H31N3O3/c1-20-10-6-7-13-24(20)26(27(32)30-21-11-4-3-5-12-21)31(22-15-17-23(34-2)18-16-22)28(33)25-14-8-9-19-29-25/h6-10,13-19,21,26H,3-5,11-12H2,1-2H3,(H,30,32)/t26-/m0/s1. The molecule has 1 N–H and O–H groups in total. The molecule has 0 unspecified atom stereocenters. The average Bonchev–Trinajstić information content (AvgIpc) is 2.88. The molecule has 3 aromatic rings. The minimum absolute atomic E-state index is 0.121. The maximum absolute atomic E-state index is 13.9. The maximum atomic E-state index is 13.9. The number of carbonyl (C=O) groups excluding carboxylic acids is 2. The van der Waals surface area contributed by atoms with Crippen molar-refractivity contribution in [3.05, 3.63) is 89.7 Å². The summed E-state index contributed by atoms with van der Waals surface area (Å²) >= 11 is 0. The van der Waals surface area contributed by atoms with Crippen LogP contribution in [0.25, 0.3) is 0 Å². The fourth-order valence-corrected chi connectivity index (χ4v) is 4.56. The number of carbonyl (C=O) groups is 2. The molecule has 1 atom stereocenters. The number of amides is 2. The summed E-state index contributed by atoms with van der Waals surface area (Å²) in [5.41, 5.74) is 2.61. The Morgan fingerprint density at radius 2 is 1.68 bits per heavy atom. The Morgan fingerprint density at radius 1 is 0.971 bits per heavy atom. The van der Waals surface area contributed by atoms with E-state index in [0.717, 1.165) is 36.8 Å². The lowest BCUT2D eigenvalue weighted by molar-refractivity contribution is -0.123. The number of ether oxygens (including phenoxy) is 1. The van der Waals surface area contributed by atoms with E-state index in [1.807, 2.05) is 31.2 Å². The fourth-order valence-electron chi connectivity index (χ4n) is 4.56. The predicted molar refractivity (Wildman–Crippen MR) is 133 cm³/mol. The van der Waals surface area contributed by atoms with Gasteiger partial charge in [-0.1, -0.05) is 49.6 Å². The molecule has 6 heteroatoms. The van der Waals surface area contributed by atoms with E-state index in [1.54, 1.807) is 60.7 Å². The number of methoxy groups -OCH3 is 1. The van der Waals surface area contributed by atoms with Crippen molar-refractivity contribution in [3.63, 3.8) is 0 Å². The lowest BCUT2D eigenvalue weighted by Gasteiger charge is -2.34. The van der Waals surface area contributed by atoms with Crippen molar-refractivity contribution in [1.82, 2.24) is 10.3 Å². The van der Waals surface area contributed by atoms with E-state index in [0.29, 0.717) is 11.4 Å². The number of aryl methyl sites for hydroxylation is 1. The van der Waals surface area contributed by atoms with Gasteiger partial charge in [-0.3, -0.25) is 19.5 Å². The molecule has 1 fully saturated rings. The maximum Gasteiger partial charge on any atom is 0.277 e. The number of aromatic nitrogens is 1. The lowest BCUT2D eigenvalue weighted by atomic mass is 9.93. The molecule has 2 amide bonds. The first-order chi connectivity index (χ1) is 16.6. The van der Waals surface area contributed by atoms with Crippen LogP contribution in [0.5, 0.6) is 5.75 Å². The summed E-state index contributed by atoms with van der Waals surface area (Å²) in [4.78, 5) is 33.6. The lowest BCUT2D eigenvalue weighted by Crippen LogP contribution is -2.47. The van der Waals surface area contributed by atoms with Crippen molar-refractivity contribution in [1.29, 1.82) is 0 Å². The molecule has 1 aliphatic rings. The molecule has 0 bridgehead atoms. The van der Waals surface area contributed by atoms with Crippen LogP contribution >= 0.6 is 0 Å². The Kier molecular flexibility index (Phi) is 7.58. The first-order valence-corrected chi connectivity index (χ1v) is 11.8. The van der Waals surface area contributed by atoms with Crippen LogP contribution < -0.4 is 15.0 Å². The van der Waals surface area contributed by atoms with Gasteiger partial charge >= 0.3 is 0 Å². The van der Waals surface area contributed by atoms with E-state index in [2.05, 4.69) is 10.3 Å². The van der Waals surface area contributed by atoms with Crippen LogP contribution in [-0.2, 0) is 4.79 Å². The van der Waals surface area contributed by atoms with Gasteiger partial charge in [0.25, 0.3) is 5.91 Å². The topological polar surface area (TPSA) is 71.5 Å². The summed E-state index contributed by atoms with van der Waals surface area (Å²) in [5, 5.41) is 3.25. The zero-order chi connectivity index (χ0) is 23.9. The third-order valence-corrected chi connectivity index (χ3v) is 6.39. The summed E-state index contributed by atoms with van der Waals surface area (Å²) in [6.45, 7) is 1.97. The molecule has 2 aromatic carbocycles. The van der Waals surface area contributed by atoms with Gasteiger partial charge in [-0.15, -0.1) is 0 Å². The van der Waals surface area contributed by atoms with E-state index >= 15 is 0 Å².